The highest BCUT2D eigenvalue weighted by atomic mass is 19.3. The van der Waals surface area contributed by atoms with Crippen molar-refractivity contribution in [2.24, 2.45) is 0 Å². The zero-order valence-electron chi connectivity index (χ0n) is 7.83. The first-order valence-corrected chi connectivity index (χ1v) is 4.06. The summed E-state index contributed by atoms with van der Waals surface area (Å²) in [4.78, 5) is 11.0. The summed E-state index contributed by atoms with van der Waals surface area (Å²) in [7, 11) is 0. The van der Waals surface area contributed by atoms with Crippen LogP contribution in [0.15, 0.2) is 12.3 Å². The number of halogens is 2. The molecular formula is C8H10F2N2O2. The first-order valence-electron chi connectivity index (χ1n) is 4.06. The third-order valence-corrected chi connectivity index (χ3v) is 1.48. The number of esters is 1. The van der Waals surface area contributed by atoms with Crippen molar-refractivity contribution in [2.45, 2.75) is 19.9 Å². The standard InChI is InChI=1S/C8H10F2N2O2/c1-3-14-7(13)6-4-5-12(11-6)8(2,9)10/h4-5H,3H2,1-2H3. The van der Waals surface area contributed by atoms with Crippen LogP contribution < -0.4 is 0 Å². The van der Waals surface area contributed by atoms with E-state index in [0.29, 0.717) is 11.6 Å². The van der Waals surface area contributed by atoms with E-state index in [2.05, 4.69) is 9.84 Å². The molecule has 0 N–H and O–H groups in total. The molecule has 0 amide bonds. The van der Waals surface area contributed by atoms with Gasteiger partial charge in [0, 0.05) is 13.1 Å². The second kappa shape index (κ2) is 3.73. The van der Waals surface area contributed by atoms with Crippen LogP contribution in [0.5, 0.6) is 0 Å². The second-order valence-corrected chi connectivity index (χ2v) is 2.71. The molecule has 1 aromatic rings. The molecule has 0 radical (unpaired) electrons. The van der Waals surface area contributed by atoms with E-state index in [1.54, 1.807) is 6.92 Å². The average Bonchev–Trinajstić information content (AvgIpc) is 2.51. The normalized spacial score (nSPS) is 11.4. The van der Waals surface area contributed by atoms with Gasteiger partial charge in [0.1, 0.15) is 0 Å². The van der Waals surface area contributed by atoms with Gasteiger partial charge in [0.25, 0.3) is 0 Å². The summed E-state index contributed by atoms with van der Waals surface area (Å²) in [5.74, 6) is -0.699. The van der Waals surface area contributed by atoms with Crippen molar-refractivity contribution >= 4 is 5.97 Å². The van der Waals surface area contributed by atoms with Crippen molar-refractivity contribution in [3.05, 3.63) is 18.0 Å². The number of hydrogen-bond acceptors (Lipinski definition) is 3. The van der Waals surface area contributed by atoms with Gasteiger partial charge in [0.15, 0.2) is 5.69 Å². The molecule has 0 bridgehead atoms. The van der Waals surface area contributed by atoms with E-state index in [4.69, 9.17) is 0 Å². The van der Waals surface area contributed by atoms with Crippen LogP contribution >= 0.6 is 0 Å². The van der Waals surface area contributed by atoms with Gasteiger partial charge in [0.05, 0.1) is 6.61 Å². The van der Waals surface area contributed by atoms with Crippen molar-refractivity contribution in [3.8, 4) is 0 Å². The number of hydrogen-bond donors (Lipinski definition) is 0. The summed E-state index contributed by atoms with van der Waals surface area (Å²) >= 11 is 0. The predicted molar refractivity (Wildman–Crippen MR) is 44.0 cm³/mol. The van der Waals surface area contributed by atoms with E-state index in [0.717, 1.165) is 6.20 Å². The Balaban J connectivity index is 2.83. The summed E-state index contributed by atoms with van der Waals surface area (Å²) in [5.41, 5.74) is -0.117. The fraction of sp³-hybridized carbons (Fsp3) is 0.500. The van der Waals surface area contributed by atoms with Gasteiger partial charge in [0.2, 0.25) is 0 Å². The molecule has 1 rings (SSSR count). The molecule has 0 aromatic carbocycles. The minimum absolute atomic E-state index is 0.117. The second-order valence-electron chi connectivity index (χ2n) is 2.71. The van der Waals surface area contributed by atoms with E-state index in [1.165, 1.54) is 6.07 Å². The van der Waals surface area contributed by atoms with Crippen LogP contribution in [0.2, 0.25) is 0 Å². The molecular weight excluding hydrogens is 194 g/mol. The lowest BCUT2D eigenvalue weighted by molar-refractivity contribution is -0.0725. The number of nitrogens with zero attached hydrogens (tertiary/aromatic N) is 2. The highest BCUT2D eigenvalue weighted by Crippen LogP contribution is 2.18. The Morgan fingerprint density at radius 3 is 2.79 bits per heavy atom. The van der Waals surface area contributed by atoms with Gasteiger partial charge < -0.3 is 4.74 Å². The van der Waals surface area contributed by atoms with Crippen molar-refractivity contribution in [2.75, 3.05) is 6.61 Å². The first-order chi connectivity index (χ1) is 6.45. The summed E-state index contributed by atoms with van der Waals surface area (Å²) in [6, 6.07) is -1.92. The Morgan fingerprint density at radius 2 is 2.36 bits per heavy atom. The summed E-state index contributed by atoms with van der Waals surface area (Å²) in [6.45, 7) is 2.51. The molecule has 1 aromatic heterocycles. The molecule has 0 saturated heterocycles. The van der Waals surface area contributed by atoms with Crippen LogP contribution in [0, 0.1) is 0 Å². The summed E-state index contributed by atoms with van der Waals surface area (Å²) < 4.78 is 30.3. The van der Waals surface area contributed by atoms with Crippen LogP contribution in [-0.4, -0.2) is 22.4 Å². The Labute approximate surface area is 79.5 Å². The number of alkyl halides is 2. The molecule has 0 aliphatic rings. The lowest BCUT2D eigenvalue weighted by Crippen LogP contribution is -2.19. The van der Waals surface area contributed by atoms with Gasteiger partial charge in [-0.2, -0.15) is 13.9 Å². The fourth-order valence-corrected chi connectivity index (χ4v) is 0.857. The minimum atomic E-state index is -3.11. The molecule has 0 unspecified atom stereocenters. The molecule has 14 heavy (non-hydrogen) atoms. The van der Waals surface area contributed by atoms with Crippen molar-refractivity contribution in [1.29, 1.82) is 0 Å². The SMILES string of the molecule is CCOC(=O)c1ccn(C(C)(F)F)n1. The molecule has 0 spiro atoms. The van der Waals surface area contributed by atoms with E-state index in [9.17, 15) is 13.6 Å². The van der Waals surface area contributed by atoms with Crippen LogP contribution in [0.1, 0.15) is 24.3 Å². The molecule has 1 heterocycles. The molecule has 4 nitrogen and oxygen atoms in total. The van der Waals surface area contributed by atoms with E-state index < -0.39 is 12.0 Å². The number of rotatable bonds is 3. The van der Waals surface area contributed by atoms with E-state index in [1.807, 2.05) is 0 Å². The molecule has 0 atom stereocenters. The van der Waals surface area contributed by atoms with Crippen LogP contribution in [0.25, 0.3) is 0 Å². The third-order valence-electron chi connectivity index (χ3n) is 1.48. The van der Waals surface area contributed by atoms with Crippen LogP contribution in [-0.2, 0) is 10.8 Å². The van der Waals surface area contributed by atoms with Crippen LogP contribution in [0.3, 0.4) is 0 Å². The quantitative estimate of drug-likeness (QED) is 0.703. The van der Waals surface area contributed by atoms with Gasteiger partial charge in [-0.15, -0.1) is 0 Å². The van der Waals surface area contributed by atoms with E-state index >= 15 is 0 Å². The maximum absolute atomic E-state index is 12.7. The number of carbonyl (C=O) groups excluding carboxylic acids is 1. The zero-order valence-corrected chi connectivity index (χ0v) is 7.83. The first kappa shape index (κ1) is 10.6. The molecule has 78 valence electrons. The zero-order chi connectivity index (χ0) is 10.8. The van der Waals surface area contributed by atoms with Crippen molar-refractivity contribution in [1.82, 2.24) is 9.78 Å². The van der Waals surface area contributed by atoms with Gasteiger partial charge in [-0.25, -0.2) is 9.48 Å². The smallest absolute Gasteiger partial charge is 0.358 e. The Morgan fingerprint density at radius 1 is 1.71 bits per heavy atom. The summed E-state index contributed by atoms with van der Waals surface area (Å²) in [5, 5.41) is 3.39. The summed E-state index contributed by atoms with van der Waals surface area (Å²) in [6.07, 6.45) is 1.03. The average molecular weight is 204 g/mol. The molecule has 6 heteroatoms. The Bertz CT molecular complexity index is 330. The lowest BCUT2D eigenvalue weighted by atomic mass is 10.4. The van der Waals surface area contributed by atoms with Gasteiger partial charge in [-0.3, -0.25) is 0 Å². The highest BCUT2D eigenvalue weighted by molar-refractivity contribution is 5.86. The molecule has 0 saturated carbocycles. The number of ether oxygens (including phenoxy) is 1. The number of aromatic nitrogens is 2. The van der Waals surface area contributed by atoms with Gasteiger partial charge in [-0.05, 0) is 13.0 Å². The van der Waals surface area contributed by atoms with Crippen LogP contribution in [0.4, 0.5) is 8.78 Å². The monoisotopic (exact) mass is 204 g/mol. The van der Waals surface area contributed by atoms with Gasteiger partial charge >= 0.3 is 12.0 Å². The maximum Gasteiger partial charge on any atom is 0.358 e. The van der Waals surface area contributed by atoms with Crippen molar-refractivity contribution < 1.29 is 18.3 Å². The third kappa shape index (κ3) is 2.27. The van der Waals surface area contributed by atoms with Crippen molar-refractivity contribution in [3.63, 3.8) is 0 Å². The Kier molecular flexibility index (Phi) is 2.83. The molecule has 0 aliphatic carbocycles. The highest BCUT2D eigenvalue weighted by Gasteiger charge is 2.25. The largest absolute Gasteiger partial charge is 0.461 e. The topological polar surface area (TPSA) is 44.1 Å². The Hall–Kier alpha value is -1.46. The van der Waals surface area contributed by atoms with Gasteiger partial charge in [-0.1, -0.05) is 0 Å². The minimum Gasteiger partial charge on any atom is -0.461 e. The van der Waals surface area contributed by atoms with E-state index in [-0.39, 0.29) is 12.3 Å². The number of carbonyl (C=O) groups is 1. The predicted octanol–water partition coefficient (Wildman–Crippen LogP) is 1.63. The fourth-order valence-electron chi connectivity index (χ4n) is 0.857. The maximum atomic E-state index is 12.7. The molecule has 0 fully saturated rings. The lowest BCUT2D eigenvalue weighted by Gasteiger charge is -2.09. The molecule has 0 aliphatic heterocycles.